The quantitative estimate of drug-likeness (QED) is 0.434. The van der Waals surface area contributed by atoms with Crippen LogP contribution in [0.5, 0.6) is 5.88 Å². The number of nitrogens with one attached hydrogen (secondary N) is 1. The van der Waals surface area contributed by atoms with Crippen molar-refractivity contribution in [2.75, 3.05) is 0 Å². The summed E-state index contributed by atoms with van der Waals surface area (Å²) < 4.78 is 31.8. The Morgan fingerprint density at radius 2 is 2.08 bits per heavy atom. The van der Waals surface area contributed by atoms with Crippen LogP contribution in [0.3, 0.4) is 0 Å². The molecule has 0 aliphatic carbocycles. The van der Waals surface area contributed by atoms with Gasteiger partial charge in [-0.05, 0) is 0 Å². The van der Waals surface area contributed by atoms with Crippen LogP contribution in [0.25, 0.3) is 0 Å². The number of aromatic carboxylic acids is 1. The number of aromatic nitrogens is 3. The summed E-state index contributed by atoms with van der Waals surface area (Å²) in [7, 11) is -3.31. The standard InChI is InChI=1S/C11H11N5O7S/c1-16-7(17)2-5(4-24(21,22)23)8(10(16)18)13-15-9-6(11(19)20)3-12-14-9/h2-3,18H,4H2,1H3,(H,12,14)(H,19,20)(H,21,22,23). The van der Waals surface area contributed by atoms with Gasteiger partial charge in [-0.3, -0.25) is 19.0 Å². The van der Waals surface area contributed by atoms with Crippen molar-refractivity contribution in [2.24, 2.45) is 17.3 Å². The summed E-state index contributed by atoms with van der Waals surface area (Å²) in [5.74, 6) is -3.28. The molecule has 0 radical (unpaired) electrons. The summed E-state index contributed by atoms with van der Waals surface area (Å²) in [6.45, 7) is 0. The predicted octanol–water partition coefficient (Wildman–Crippen LogP) is 0.315. The van der Waals surface area contributed by atoms with Gasteiger partial charge < -0.3 is 10.2 Å². The highest BCUT2D eigenvalue weighted by Gasteiger charge is 2.19. The van der Waals surface area contributed by atoms with Crippen LogP contribution < -0.4 is 5.56 Å². The zero-order valence-electron chi connectivity index (χ0n) is 12.0. The molecule has 4 N–H and O–H groups in total. The Morgan fingerprint density at radius 1 is 1.42 bits per heavy atom. The van der Waals surface area contributed by atoms with E-state index in [0.717, 1.165) is 16.8 Å². The summed E-state index contributed by atoms with van der Waals surface area (Å²) in [5.41, 5.74) is -1.77. The number of pyridine rings is 1. The molecule has 0 fully saturated rings. The molecule has 12 nitrogen and oxygen atoms in total. The van der Waals surface area contributed by atoms with Crippen molar-refractivity contribution in [3.8, 4) is 5.88 Å². The maximum absolute atomic E-state index is 11.6. The molecule has 2 heterocycles. The van der Waals surface area contributed by atoms with Gasteiger partial charge >= 0.3 is 5.97 Å². The van der Waals surface area contributed by atoms with Gasteiger partial charge in [-0.25, -0.2) is 4.79 Å². The molecule has 0 atom stereocenters. The monoisotopic (exact) mass is 357 g/mol. The van der Waals surface area contributed by atoms with Crippen LogP contribution in [0.4, 0.5) is 11.5 Å². The first-order chi connectivity index (χ1) is 11.1. The van der Waals surface area contributed by atoms with Crippen LogP contribution in [0.15, 0.2) is 27.3 Å². The van der Waals surface area contributed by atoms with Crippen LogP contribution in [0.2, 0.25) is 0 Å². The number of carboxylic acids is 1. The SMILES string of the molecule is Cn1c(O)c(N=Nc2[nH]ncc2C(=O)O)c(CS(=O)(=O)O)cc1=O. The fraction of sp³-hybridized carbons (Fsp3) is 0.182. The van der Waals surface area contributed by atoms with Gasteiger partial charge in [0, 0.05) is 18.7 Å². The van der Waals surface area contributed by atoms with E-state index in [0.29, 0.717) is 0 Å². The topological polar surface area (TPSA) is 187 Å². The number of azo groups is 1. The second-order valence-corrected chi connectivity index (χ2v) is 6.06. The van der Waals surface area contributed by atoms with Crippen LogP contribution in [-0.4, -0.2) is 43.9 Å². The first kappa shape index (κ1) is 17.3. The van der Waals surface area contributed by atoms with Crippen molar-refractivity contribution < 1.29 is 28.0 Å². The normalized spacial score (nSPS) is 11.9. The van der Waals surface area contributed by atoms with Gasteiger partial charge in [-0.1, -0.05) is 0 Å². The third kappa shape index (κ3) is 3.64. The average molecular weight is 357 g/mol. The fourth-order valence-electron chi connectivity index (χ4n) is 1.75. The minimum Gasteiger partial charge on any atom is -0.493 e. The van der Waals surface area contributed by atoms with Gasteiger partial charge in [0.05, 0.1) is 6.20 Å². The van der Waals surface area contributed by atoms with Gasteiger partial charge in [-0.2, -0.15) is 13.5 Å². The molecule has 0 saturated heterocycles. The summed E-state index contributed by atoms with van der Waals surface area (Å²) in [5, 5.41) is 31.8. The lowest BCUT2D eigenvalue weighted by Gasteiger charge is -2.08. The molecule has 2 aromatic heterocycles. The zero-order valence-corrected chi connectivity index (χ0v) is 12.9. The lowest BCUT2D eigenvalue weighted by atomic mass is 10.2. The molecule has 0 amide bonds. The molecule has 2 rings (SSSR count). The fourth-order valence-corrected chi connectivity index (χ4v) is 2.36. The van der Waals surface area contributed by atoms with E-state index in [2.05, 4.69) is 20.4 Å². The zero-order chi connectivity index (χ0) is 18.1. The highest BCUT2D eigenvalue weighted by molar-refractivity contribution is 7.85. The molecule has 2 aromatic rings. The second kappa shape index (κ2) is 6.21. The van der Waals surface area contributed by atoms with Crippen LogP contribution >= 0.6 is 0 Å². The Labute approximate surface area is 133 Å². The van der Waals surface area contributed by atoms with E-state index in [4.69, 9.17) is 9.66 Å². The molecule has 0 aliphatic heterocycles. The molecular weight excluding hydrogens is 346 g/mol. The first-order valence-corrected chi connectivity index (χ1v) is 7.76. The summed E-state index contributed by atoms with van der Waals surface area (Å²) >= 11 is 0. The number of hydrogen-bond acceptors (Lipinski definition) is 8. The summed E-state index contributed by atoms with van der Waals surface area (Å²) in [6.07, 6.45) is 0.983. The number of hydrogen-bond donors (Lipinski definition) is 4. The van der Waals surface area contributed by atoms with E-state index in [-0.39, 0.29) is 16.9 Å². The first-order valence-electron chi connectivity index (χ1n) is 6.15. The van der Waals surface area contributed by atoms with Crippen molar-refractivity contribution >= 4 is 27.6 Å². The summed E-state index contributed by atoms with van der Waals surface area (Å²) in [4.78, 5) is 22.6. The van der Waals surface area contributed by atoms with E-state index in [1.54, 1.807) is 0 Å². The number of carbonyl (C=O) groups is 1. The number of nitrogens with zero attached hydrogens (tertiary/aromatic N) is 4. The van der Waals surface area contributed by atoms with E-state index in [9.17, 15) is 23.1 Å². The number of rotatable bonds is 5. The van der Waals surface area contributed by atoms with E-state index in [1.165, 1.54) is 7.05 Å². The Kier molecular flexibility index (Phi) is 4.48. The Hall–Kier alpha value is -3.06. The van der Waals surface area contributed by atoms with Crippen molar-refractivity contribution in [2.45, 2.75) is 5.75 Å². The van der Waals surface area contributed by atoms with Gasteiger partial charge in [0.2, 0.25) is 5.88 Å². The van der Waals surface area contributed by atoms with Crippen LogP contribution in [0, 0.1) is 0 Å². The largest absolute Gasteiger partial charge is 0.493 e. The Bertz CT molecular complexity index is 989. The molecular formula is C11H11N5O7S. The maximum Gasteiger partial charge on any atom is 0.341 e. The average Bonchev–Trinajstić information content (AvgIpc) is 2.91. The van der Waals surface area contributed by atoms with Crippen molar-refractivity contribution in [1.82, 2.24) is 14.8 Å². The van der Waals surface area contributed by atoms with E-state index >= 15 is 0 Å². The molecule has 24 heavy (non-hydrogen) atoms. The third-order valence-corrected chi connectivity index (χ3v) is 3.58. The van der Waals surface area contributed by atoms with Crippen LogP contribution in [0.1, 0.15) is 15.9 Å². The van der Waals surface area contributed by atoms with Crippen molar-refractivity contribution in [3.05, 3.63) is 33.7 Å². The second-order valence-electron chi connectivity index (χ2n) is 4.60. The van der Waals surface area contributed by atoms with E-state index < -0.39 is 39.0 Å². The molecule has 128 valence electrons. The number of aromatic amines is 1. The predicted molar refractivity (Wildman–Crippen MR) is 78.3 cm³/mol. The lowest BCUT2D eigenvalue weighted by Crippen LogP contribution is -2.17. The number of carboxylic acid groups (broad SMARTS) is 1. The Balaban J connectivity index is 2.58. The smallest absolute Gasteiger partial charge is 0.341 e. The van der Waals surface area contributed by atoms with Gasteiger partial charge in [0.1, 0.15) is 11.3 Å². The molecule has 0 aliphatic rings. The number of aromatic hydroxyl groups is 1. The molecule has 13 heteroatoms. The van der Waals surface area contributed by atoms with Gasteiger partial charge in [-0.15, -0.1) is 10.2 Å². The highest BCUT2D eigenvalue weighted by Crippen LogP contribution is 2.31. The molecule has 0 bridgehead atoms. The maximum atomic E-state index is 11.6. The van der Waals surface area contributed by atoms with Crippen LogP contribution in [-0.2, 0) is 22.9 Å². The molecule has 0 spiro atoms. The van der Waals surface area contributed by atoms with Crippen molar-refractivity contribution in [3.63, 3.8) is 0 Å². The van der Waals surface area contributed by atoms with Gasteiger partial charge in [0.15, 0.2) is 11.5 Å². The molecule has 0 saturated carbocycles. The minimum atomic E-state index is -4.51. The van der Waals surface area contributed by atoms with Gasteiger partial charge in [0.25, 0.3) is 15.7 Å². The molecule has 0 unspecified atom stereocenters. The molecule has 0 aromatic carbocycles. The highest BCUT2D eigenvalue weighted by atomic mass is 32.2. The minimum absolute atomic E-state index is 0.256. The van der Waals surface area contributed by atoms with E-state index in [1.807, 2.05) is 0 Å². The number of H-pyrrole nitrogens is 1. The Morgan fingerprint density at radius 3 is 2.67 bits per heavy atom. The summed E-state index contributed by atoms with van der Waals surface area (Å²) in [6, 6.07) is 0.854. The third-order valence-electron chi connectivity index (χ3n) is 2.90. The lowest BCUT2D eigenvalue weighted by molar-refractivity contribution is 0.0698. The van der Waals surface area contributed by atoms with Crippen molar-refractivity contribution in [1.29, 1.82) is 0 Å².